The molecular formula is C16H24N2O3. The fourth-order valence-corrected chi connectivity index (χ4v) is 2.58. The Balaban J connectivity index is 2.11. The van der Waals surface area contributed by atoms with Crippen molar-refractivity contribution >= 4 is 11.6 Å². The van der Waals surface area contributed by atoms with Crippen LogP contribution >= 0.6 is 0 Å². The van der Waals surface area contributed by atoms with E-state index in [1.54, 1.807) is 30.1 Å². The molecule has 1 aliphatic rings. The van der Waals surface area contributed by atoms with Crippen molar-refractivity contribution in [3.8, 4) is 5.75 Å². The standard InChI is InChI=1S/C16H24N2O3/c1-3-20-14-9-6-8-13(17)15(14)16(19)18(2)11-12-7-4-5-10-21-12/h6,8-9,12H,3-5,7,10-11,17H2,1-2H3. The summed E-state index contributed by atoms with van der Waals surface area (Å²) in [6, 6.07) is 5.29. The van der Waals surface area contributed by atoms with Gasteiger partial charge in [-0.05, 0) is 38.3 Å². The van der Waals surface area contributed by atoms with Gasteiger partial charge in [-0.25, -0.2) is 0 Å². The van der Waals surface area contributed by atoms with Crippen molar-refractivity contribution in [3.63, 3.8) is 0 Å². The van der Waals surface area contributed by atoms with Gasteiger partial charge in [0.25, 0.3) is 5.91 Å². The Morgan fingerprint density at radius 3 is 2.95 bits per heavy atom. The second-order valence-electron chi connectivity index (χ2n) is 5.33. The fraction of sp³-hybridized carbons (Fsp3) is 0.562. The van der Waals surface area contributed by atoms with Gasteiger partial charge < -0.3 is 20.1 Å². The van der Waals surface area contributed by atoms with Crippen LogP contribution < -0.4 is 10.5 Å². The zero-order valence-corrected chi connectivity index (χ0v) is 12.8. The van der Waals surface area contributed by atoms with E-state index in [9.17, 15) is 4.79 Å². The normalized spacial score (nSPS) is 18.3. The van der Waals surface area contributed by atoms with Gasteiger partial charge in [0.15, 0.2) is 0 Å². The molecular weight excluding hydrogens is 268 g/mol. The number of ether oxygens (including phenoxy) is 2. The fourth-order valence-electron chi connectivity index (χ4n) is 2.58. The molecule has 5 heteroatoms. The van der Waals surface area contributed by atoms with Crippen molar-refractivity contribution in [1.29, 1.82) is 0 Å². The molecule has 1 fully saturated rings. The van der Waals surface area contributed by atoms with Crippen molar-refractivity contribution in [2.75, 3.05) is 32.5 Å². The number of benzene rings is 1. The highest BCUT2D eigenvalue weighted by Gasteiger charge is 2.23. The topological polar surface area (TPSA) is 64.8 Å². The second kappa shape index (κ2) is 7.31. The number of hydrogen-bond donors (Lipinski definition) is 1. The first-order valence-electron chi connectivity index (χ1n) is 7.51. The summed E-state index contributed by atoms with van der Waals surface area (Å²) in [6.45, 7) is 3.75. The van der Waals surface area contributed by atoms with Gasteiger partial charge in [0.1, 0.15) is 11.3 Å². The smallest absolute Gasteiger partial charge is 0.259 e. The zero-order chi connectivity index (χ0) is 15.2. The minimum Gasteiger partial charge on any atom is -0.493 e. The van der Waals surface area contributed by atoms with E-state index in [0.717, 1.165) is 25.9 Å². The average molecular weight is 292 g/mol. The van der Waals surface area contributed by atoms with Crippen LogP contribution in [0.4, 0.5) is 5.69 Å². The number of anilines is 1. The monoisotopic (exact) mass is 292 g/mol. The molecule has 1 unspecified atom stereocenters. The Morgan fingerprint density at radius 2 is 2.29 bits per heavy atom. The third-order valence-corrected chi connectivity index (χ3v) is 3.67. The predicted octanol–water partition coefficient (Wildman–Crippen LogP) is 2.31. The predicted molar refractivity (Wildman–Crippen MR) is 82.6 cm³/mol. The van der Waals surface area contributed by atoms with Crippen LogP contribution in [0, 0.1) is 0 Å². The highest BCUT2D eigenvalue weighted by molar-refractivity contribution is 6.01. The Morgan fingerprint density at radius 1 is 1.48 bits per heavy atom. The molecule has 116 valence electrons. The lowest BCUT2D eigenvalue weighted by atomic mass is 10.1. The summed E-state index contributed by atoms with van der Waals surface area (Å²) < 4.78 is 11.2. The average Bonchev–Trinajstić information content (AvgIpc) is 2.48. The van der Waals surface area contributed by atoms with Crippen LogP contribution in [0.5, 0.6) is 5.75 Å². The number of rotatable bonds is 5. The summed E-state index contributed by atoms with van der Waals surface area (Å²) in [6.07, 6.45) is 3.38. The van der Waals surface area contributed by atoms with Crippen molar-refractivity contribution in [3.05, 3.63) is 23.8 Å². The minimum atomic E-state index is -0.120. The number of nitrogens with zero attached hydrogens (tertiary/aromatic N) is 1. The lowest BCUT2D eigenvalue weighted by Crippen LogP contribution is -2.37. The van der Waals surface area contributed by atoms with Crippen LogP contribution in [0.15, 0.2) is 18.2 Å². The molecule has 0 saturated carbocycles. The molecule has 0 aliphatic carbocycles. The number of likely N-dealkylation sites (N-methyl/N-ethyl adjacent to an activating group) is 1. The number of hydrogen-bond acceptors (Lipinski definition) is 4. The second-order valence-corrected chi connectivity index (χ2v) is 5.33. The maximum atomic E-state index is 12.6. The first-order chi connectivity index (χ1) is 10.1. The first-order valence-corrected chi connectivity index (χ1v) is 7.51. The quantitative estimate of drug-likeness (QED) is 0.846. The number of carbonyl (C=O) groups excluding carboxylic acids is 1. The summed E-state index contributed by atoms with van der Waals surface area (Å²) in [5.41, 5.74) is 6.85. The van der Waals surface area contributed by atoms with Gasteiger partial charge in [-0.15, -0.1) is 0 Å². The van der Waals surface area contributed by atoms with E-state index in [1.165, 1.54) is 0 Å². The molecule has 1 aromatic carbocycles. The van der Waals surface area contributed by atoms with Crippen LogP contribution in [-0.4, -0.2) is 43.7 Å². The largest absolute Gasteiger partial charge is 0.493 e. The number of carbonyl (C=O) groups is 1. The molecule has 1 aliphatic heterocycles. The van der Waals surface area contributed by atoms with E-state index in [-0.39, 0.29) is 12.0 Å². The molecule has 1 saturated heterocycles. The van der Waals surface area contributed by atoms with Crippen LogP contribution in [0.3, 0.4) is 0 Å². The maximum absolute atomic E-state index is 12.6. The zero-order valence-electron chi connectivity index (χ0n) is 12.8. The Kier molecular flexibility index (Phi) is 5.44. The Labute approximate surface area is 126 Å². The van der Waals surface area contributed by atoms with Gasteiger partial charge in [-0.3, -0.25) is 4.79 Å². The molecule has 0 spiro atoms. The molecule has 0 radical (unpaired) electrons. The SMILES string of the molecule is CCOc1cccc(N)c1C(=O)N(C)CC1CCCCO1. The van der Waals surface area contributed by atoms with Gasteiger partial charge in [0.2, 0.25) is 0 Å². The van der Waals surface area contributed by atoms with Gasteiger partial charge in [-0.2, -0.15) is 0 Å². The number of amides is 1. The number of nitrogens with two attached hydrogens (primary N) is 1. The van der Waals surface area contributed by atoms with Crippen molar-refractivity contribution in [2.45, 2.75) is 32.3 Å². The molecule has 1 aromatic rings. The van der Waals surface area contributed by atoms with Crippen LogP contribution in [0.25, 0.3) is 0 Å². The summed E-state index contributed by atoms with van der Waals surface area (Å²) in [5, 5.41) is 0. The molecule has 0 aromatic heterocycles. The van der Waals surface area contributed by atoms with E-state index >= 15 is 0 Å². The van der Waals surface area contributed by atoms with Crippen molar-refractivity contribution in [1.82, 2.24) is 4.90 Å². The summed E-state index contributed by atoms with van der Waals surface area (Å²) >= 11 is 0. The summed E-state index contributed by atoms with van der Waals surface area (Å²) in [4.78, 5) is 14.3. The van der Waals surface area contributed by atoms with E-state index in [0.29, 0.717) is 30.2 Å². The third kappa shape index (κ3) is 3.88. The molecule has 1 atom stereocenters. The first kappa shape index (κ1) is 15.6. The van der Waals surface area contributed by atoms with E-state index < -0.39 is 0 Å². The summed E-state index contributed by atoms with van der Waals surface area (Å²) in [7, 11) is 1.78. The van der Waals surface area contributed by atoms with Gasteiger partial charge in [0.05, 0.1) is 12.7 Å². The molecule has 2 rings (SSSR count). The maximum Gasteiger partial charge on any atom is 0.259 e. The van der Waals surface area contributed by atoms with E-state index in [2.05, 4.69) is 0 Å². The van der Waals surface area contributed by atoms with Crippen LogP contribution in [0.2, 0.25) is 0 Å². The Bertz CT molecular complexity index is 484. The van der Waals surface area contributed by atoms with Gasteiger partial charge >= 0.3 is 0 Å². The van der Waals surface area contributed by atoms with Gasteiger partial charge in [0, 0.05) is 25.9 Å². The third-order valence-electron chi connectivity index (χ3n) is 3.67. The van der Waals surface area contributed by atoms with Gasteiger partial charge in [-0.1, -0.05) is 6.07 Å². The molecule has 2 N–H and O–H groups in total. The van der Waals surface area contributed by atoms with Crippen LogP contribution in [-0.2, 0) is 4.74 Å². The van der Waals surface area contributed by atoms with E-state index in [1.807, 2.05) is 6.92 Å². The van der Waals surface area contributed by atoms with Crippen molar-refractivity contribution < 1.29 is 14.3 Å². The molecule has 1 amide bonds. The van der Waals surface area contributed by atoms with Crippen LogP contribution in [0.1, 0.15) is 36.5 Å². The lowest BCUT2D eigenvalue weighted by molar-refractivity contribution is -0.000231. The van der Waals surface area contributed by atoms with E-state index in [4.69, 9.17) is 15.2 Å². The highest BCUT2D eigenvalue weighted by atomic mass is 16.5. The lowest BCUT2D eigenvalue weighted by Gasteiger charge is -2.28. The molecule has 21 heavy (non-hydrogen) atoms. The summed E-state index contributed by atoms with van der Waals surface area (Å²) in [5.74, 6) is 0.421. The highest BCUT2D eigenvalue weighted by Crippen LogP contribution is 2.26. The van der Waals surface area contributed by atoms with Crippen molar-refractivity contribution in [2.24, 2.45) is 0 Å². The Hall–Kier alpha value is -1.75. The molecule has 0 bridgehead atoms. The number of nitrogen functional groups attached to an aromatic ring is 1. The molecule has 5 nitrogen and oxygen atoms in total. The molecule has 1 heterocycles. The minimum absolute atomic E-state index is 0.119.